The zero-order chi connectivity index (χ0) is 15.1. The molecule has 1 saturated heterocycles. The average Bonchev–Trinajstić information content (AvgIpc) is 2.99. The molecule has 0 aliphatic carbocycles. The monoisotopic (exact) mass is 326 g/mol. The van der Waals surface area contributed by atoms with Crippen LogP contribution in [-0.4, -0.2) is 42.2 Å². The number of likely N-dealkylation sites (tertiary alicyclic amines) is 1. The van der Waals surface area contributed by atoms with E-state index < -0.39 is 0 Å². The Bertz CT molecular complexity index is 446. The van der Waals surface area contributed by atoms with Crippen LogP contribution in [0.15, 0.2) is 29.2 Å². The van der Waals surface area contributed by atoms with E-state index in [4.69, 9.17) is 11.6 Å². The Labute approximate surface area is 136 Å². The molecule has 1 aromatic carbocycles. The van der Waals surface area contributed by atoms with Gasteiger partial charge in [-0.3, -0.25) is 4.79 Å². The first-order valence-electron chi connectivity index (χ1n) is 7.57. The van der Waals surface area contributed by atoms with Crippen LogP contribution in [0, 0.1) is 0 Å². The molecule has 0 aromatic heterocycles. The third kappa shape index (κ3) is 5.89. The average molecular weight is 327 g/mol. The lowest BCUT2D eigenvalue weighted by atomic mass is 10.3. The normalized spacial score (nSPS) is 16.9. The summed E-state index contributed by atoms with van der Waals surface area (Å²) < 4.78 is 0. The number of carbonyl (C=O) groups is 1. The Morgan fingerprint density at radius 3 is 2.67 bits per heavy atom. The maximum absolute atomic E-state index is 12.0. The molecule has 0 saturated carbocycles. The Morgan fingerprint density at radius 2 is 2.00 bits per heavy atom. The number of hydrogen-bond donors (Lipinski definition) is 1. The lowest BCUT2D eigenvalue weighted by molar-refractivity contribution is -0.120. The van der Waals surface area contributed by atoms with Gasteiger partial charge in [-0.2, -0.15) is 0 Å². The van der Waals surface area contributed by atoms with Crippen molar-refractivity contribution < 1.29 is 4.79 Å². The summed E-state index contributed by atoms with van der Waals surface area (Å²) in [6.45, 7) is 6.24. The number of carbonyl (C=O) groups excluding carboxylic acids is 1. The summed E-state index contributed by atoms with van der Waals surface area (Å²) in [5.74, 6) is 0.108. The number of halogens is 1. The SMILES string of the molecule is CC(Sc1ccc(Cl)cc1)C(=O)NCCCN1CCCC1. The summed E-state index contributed by atoms with van der Waals surface area (Å²) in [6, 6.07) is 7.60. The highest BCUT2D eigenvalue weighted by molar-refractivity contribution is 8.00. The second-order valence-corrected chi connectivity index (χ2v) is 7.26. The van der Waals surface area contributed by atoms with E-state index in [9.17, 15) is 4.79 Å². The van der Waals surface area contributed by atoms with E-state index in [1.54, 1.807) is 11.8 Å². The first kappa shape index (κ1) is 16.7. The number of benzene rings is 1. The molecular weight excluding hydrogens is 304 g/mol. The summed E-state index contributed by atoms with van der Waals surface area (Å²) in [5.41, 5.74) is 0. The van der Waals surface area contributed by atoms with Crippen molar-refractivity contribution in [2.45, 2.75) is 36.3 Å². The largest absolute Gasteiger partial charge is 0.355 e. The number of rotatable bonds is 7. The third-order valence-corrected chi connectivity index (χ3v) is 5.01. The quantitative estimate of drug-likeness (QED) is 0.615. The molecule has 1 heterocycles. The van der Waals surface area contributed by atoms with Crippen LogP contribution >= 0.6 is 23.4 Å². The topological polar surface area (TPSA) is 32.3 Å². The van der Waals surface area contributed by atoms with Crippen LogP contribution < -0.4 is 5.32 Å². The summed E-state index contributed by atoms with van der Waals surface area (Å²) in [5, 5.41) is 3.66. The zero-order valence-corrected chi connectivity index (χ0v) is 14.1. The maximum atomic E-state index is 12.0. The van der Waals surface area contributed by atoms with Crippen molar-refractivity contribution in [1.29, 1.82) is 0 Å². The van der Waals surface area contributed by atoms with E-state index in [1.165, 1.54) is 25.9 Å². The summed E-state index contributed by atoms with van der Waals surface area (Å²) in [6.07, 6.45) is 3.67. The van der Waals surface area contributed by atoms with E-state index in [2.05, 4.69) is 10.2 Å². The summed E-state index contributed by atoms with van der Waals surface area (Å²) in [4.78, 5) is 15.6. The molecule has 116 valence electrons. The van der Waals surface area contributed by atoms with Gasteiger partial charge < -0.3 is 10.2 Å². The zero-order valence-electron chi connectivity index (χ0n) is 12.5. The minimum absolute atomic E-state index is 0.0852. The molecule has 1 aliphatic heterocycles. The van der Waals surface area contributed by atoms with Crippen molar-refractivity contribution in [1.82, 2.24) is 10.2 Å². The molecule has 21 heavy (non-hydrogen) atoms. The highest BCUT2D eigenvalue weighted by atomic mass is 35.5. The summed E-state index contributed by atoms with van der Waals surface area (Å²) in [7, 11) is 0. The van der Waals surface area contributed by atoms with Gasteiger partial charge in [0.2, 0.25) is 5.91 Å². The highest BCUT2D eigenvalue weighted by Crippen LogP contribution is 2.24. The standard InChI is InChI=1S/C16H23ClN2OS/c1-13(21-15-7-5-14(17)6-8-15)16(20)18-9-4-12-19-10-2-3-11-19/h5-8,13H,2-4,9-12H2,1H3,(H,18,20). The van der Waals surface area contributed by atoms with Crippen LogP contribution in [-0.2, 0) is 4.79 Å². The van der Waals surface area contributed by atoms with Crippen LogP contribution in [0.25, 0.3) is 0 Å². The second-order valence-electron chi connectivity index (χ2n) is 5.41. The van der Waals surface area contributed by atoms with Gasteiger partial charge in [0.1, 0.15) is 0 Å². The smallest absolute Gasteiger partial charge is 0.233 e. The Balaban J connectivity index is 1.63. The van der Waals surface area contributed by atoms with Crippen molar-refractivity contribution in [2.75, 3.05) is 26.2 Å². The van der Waals surface area contributed by atoms with Gasteiger partial charge in [0.05, 0.1) is 5.25 Å². The van der Waals surface area contributed by atoms with E-state index in [0.717, 1.165) is 29.4 Å². The molecule has 0 spiro atoms. The Morgan fingerprint density at radius 1 is 1.33 bits per heavy atom. The van der Waals surface area contributed by atoms with Gasteiger partial charge in [0, 0.05) is 16.5 Å². The van der Waals surface area contributed by atoms with E-state index >= 15 is 0 Å². The van der Waals surface area contributed by atoms with Gasteiger partial charge in [-0.1, -0.05) is 11.6 Å². The highest BCUT2D eigenvalue weighted by Gasteiger charge is 2.14. The van der Waals surface area contributed by atoms with Crippen molar-refractivity contribution in [3.63, 3.8) is 0 Å². The van der Waals surface area contributed by atoms with Crippen LogP contribution in [0.1, 0.15) is 26.2 Å². The van der Waals surface area contributed by atoms with Gasteiger partial charge in [0.25, 0.3) is 0 Å². The summed E-state index contributed by atoms with van der Waals surface area (Å²) >= 11 is 7.42. The van der Waals surface area contributed by atoms with Crippen molar-refractivity contribution in [3.05, 3.63) is 29.3 Å². The van der Waals surface area contributed by atoms with Crippen LogP contribution in [0.3, 0.4) is 0 Å². The molecular formula is C16H23ClN2OS. The van der Waals surface area contributed by atoms with E-state index in [-0.39, 0.29) is 11.2 Å². The first-order chi connectivity index (χ1) is 10.1. The predicted octanol–water partition coefficient (Wildman–Crippen LogP) is 3.42. The fraction of sp³-hybridized carbons (Fsp3) is 0.562. The minimum Gasteiger partial charge on any atom is -0.355 e. The van der Waals surface area contributed by atoms with Crippen molar-refractivity contribution in [3.8, 4) is 0 Å². The molecule has 1 fully saturated rings. The van der Waals surface area contributed by atoms with Gasteiger partial charge in [-0.05, 0) is 70.1 Å². The molecule has 0 bridgehead atoms. The molecule has 1 amide bonds. The molecule has 5 heteroatoms. The van der Waals surface area contributed by atoms with E-state index in [0.29, 0.717) is 0 Å². The number of amides is 1. The van der Waals surface area contributed by atoms with Gasteiger partial charge >= 0.3 is 0 Å². The molecule has 1 atom stereocenters. The van der Waals surface area contributed by atoms with Gasteiger partial charge in [-0.25, -0.2) is 0 Å². The molecule has 0 radical (unpaired) electrons. The Kier molecular flexibility index (Phi) is 6.87. The molecule has 1 aliphatic rings. The predicted molar refractivity (Wildman–Crippen MR) is 90.1 cm³/mol. The number of nitrogens with one attached hydrogen (secondary N) is 1. The van der Waals surface area contributed by atoms with E-state index in [1.807, 2.05) is 31.2 Å². The van der Waals surface area contributed by atoms with Gasteiger partial charge in [0.15, 0.2) is 0 Å². The van der Waals surface area contributed by atoms with Crippen molar-refractivity contribution >= 4 is 29.3 Å². The maximum Gasteiger partial charge on any atom is 0.233 e. The molecule has 1 aromatic rings. The fourth-order valence-electron chi connectivity index (χ4n) is 2.44. The number of nitrogens with zero attached hydrogens (tertiary/aromatic N) is 1. The molecule has 1 N–H and O–H groups in total. The van der Waals surface area contributed by atoms with Crippen molar-refractivity contribution in [2.24, 2.45) is 0 Å². The van der Waals surface area contributed by atoms with Gasteiger partial charge in [-0.15, -0.1) is 11.8 Å². The molecule has 2 rings (SSSR count). The minimum atomic E-state index is -0.0852. The second kappa shape index (κ2) is 8.66. The lowest BCUT2D eigenvalue weighted by Gasteiger charge is -2.15. The fourth-order valence-corrected chi connectivity index (χ4v) is 3.45. The van der Waals surface area contributed by atoms with Crippen LogP contribution in [0.4, 0.5) is 0 Å². The van der Waals surface area contributed by atoms with Crippen LogP contribution in [0.5, 0.6) is 0 Å². The number of thioether (sulfide) groups is 1. The third-order valence-electron chi connectivity index (χ3n) is 3.64. The number of hydrogen-bond acceptors (Lipinski definition) is 3. The molecule has 3 nitrogen and oxygen atoms in total. The Hall–Kier alpha value is -0.710. The lowest BCUT2D eigenvalue weighted by Crippen LogP contribution is -2.33. The first-order valence-corrected chi connectivity index (χ1v) is 8.83. The molecule has 1 unspecified atom stereocenters. The van der Waals surface area contributed by atoms with Crippen LogP contribution in [0.2, 0.25) is 5.02 Å².